The van der Waals surface area contributed by atoms with Gasteiger partial charge in [-0.3, -0.25) is 0 Å². The Kier molecular flexibility index (Phi) is 5.48. The largest absolute Gasteiger partial charge is 0.462 e. The number of nitrogens with two attached hydrogens (primary N) is 1. The monoisotopic (exact) mass is 290 g/mol. The first-order valence-electron chi connectivity index (χ1n) is 7.95. The number of carbonyl (C=O) groups excluding carboxylic acids is 1. The maximum absolute atomic E-state index is 12.1. The van der Waals surface area contributed by atoms with Gasteiger partial charge in [0.05, 0.1) is 12.2 Å². The molecule has 4 heteroatoms. The molecule has 0 heterocycles. The number of nitrogens with one attached hydrogen (secondary N) is 1. The first-order chi connectivity index (χ1) is 10.1. The summed E-state index contributed by atoms with van der Waals surface area (Å²) in [6.45, 7) is 4.37. The van der Waals surface area contributed by atoms with Gasteiger partial charge in [-0.1, -0.05) is 19.3 Å². The summed E-state index contributed by atoms with van der Waals surface area (Å²) in [4.78, 5) is 12.1. The van der Waals surface area contributed by atoms with Gasteiger partial charge < -0.3 is 15.8 Å². The Balaban J connectivity index is 2.12. The number of carbonyl (C=O) groups is 1. The molecule has 0 aromatic heterocycles. The van der Waals surface area contributed by atoms with E-state index in [0.717, 1.165) is 5.69 Å². The van der Waals surface area contributed by atoms with Crippen LogP contribution < -0.4 is 11.1 Å². The number of hydrogen-bond donors (Lipinski definition) is 2. The number of hydrogen-bond acceptors (Lipinski definition) is 4. The van der Waals surface area contributed by atoms with Gasteiger partial charge in [-0.05, 0) is 50.8 Å². The minimum Gasteiger partial charge on any atom is -0.462 e. The summed E-state index contributed by atoms with van der Waals surface area (Å²) in [7, 11) is 0. The van der Waals surface area contributed by atoms with Crippen molar-refractivity contribution in [3.63, 3.8) is 0 Å². The third-order valence-corrected chi connectivity index (χ3v) is 4.28. The van der Waals surface area contributed by atoms with Crippen LogP contribution in [-0.2, 0) is 4.74 Å². The molecule has 4 nitrogen and oxygen atoms in total. The van der Waals surface area contributed by atoms with E-state index in [1.165, 1.54) is 32.1 Å². The highest BCUT2D eigenvalue weighted by Crippen LogP contribution is 2.29. The number of anilines is 2. The van der Waals surface area contributed by atoms with Crippen LogP contribution in [0, 0.1) is 5.92 Å². The molecule has 1 atom stereocenters. The second kappa shape index (κ2) is 7.34. The topological polar surface area (TPSA) is 64.3 Å². The molecule has 1 aliphatic carbocycles. The Labute approximate surface area is 127 Å². The minimum absolute atomic E-state index is 0.317. The van der Waals surface area contributed by atoms with E-state index in [9.17, 15) is 4.79 Å². The van der Waals surface area contributed by atoms with Gasteiger partial charge in [0.2, 0.25) is 0 Å². The summed E-state index contributed by atoms with van der Waals surface area (Å²) in [6, 6.07) is 5.73. The Morgan fingerprint density at radius 3 is 2.76 bits per heavy atom. The zero-order valence-corrected chi connectivity index (χ0v) is 13.0. The van der Waals surface area contributed by atoms with Gasteiger partial charge in [0.25, 0.3) is 0 Å². The number of rotatable bonds is 5. The van der Waals surface area contributed by atoms with Crippen molar-refractivity contribution >= 4 is 17.3 Å². The smallest absolute Gasteiger partial charge is 0.340 e. The predicted octanol–water partition coefficient (Wildman–Crippen LogP) is 3.83. The van der Waals surface area contributed by atoms with Gasteiger partial charge in [-0.15, -0.1) is 0 Å². The molecule has 0 saturated heterocycles. The van der Waals surface area contributed by atoms with E-state index in [0.29, 0.717) is 29.8 Å². The lowest BCUT2D eigenvalue weighted by Crippen LogP contribution is -2.28. The lowest BCUT2D eigenvalue weighted by atomic mass is 9.84. The van der Waals surface area contributed by atoms with E-state index in [4.69, 9.17) is 10.5 Å². The Morgan fingerprint density at radius 2 is 2.10 bits per heavy atom. The summed E-state index contributed by atoms with van der Waals surface area (Å²) >= 11 is 0. The lowest BCUT2D eigenvalue weighted by Gasteiger charge is -2.29. The van der Waals surface area contributed by atoms with Gasteiger partial charge in [0, 0.05) is 17.4 Å². The molecule has 1 aromatic rings. The van der Waals surface area contributed by atoms with Crippen LogP contribution in [0.1, 0.15) is 56.3 Å². The van der Waals surface area contributed by atoms with E-state index < -0.39 is 0 Å². The highest BCUT2D eigenvalue weighted by Gasteiger charge is 2.22. The van der Waals surface area contributed by atoms with Crippen LogP contribution in [0.15, 0.2) is 18.2 Å². The van der Waals surface area contributed by atoms with E-state index in [1.54, 1.807) is 6.07 Å². The van der Waals surface area contributed by atoms with Crippen LogP contribution in [0.3, 0.4) is 0 Å². The molecule has 1 aromatic carbocycles. The fourth-order valence-electron chi connectivity index (χ4n) is 3.06. The molecule has 116 valence electrons. The van der Waals surface area contributed by atoms with E-state index in [1.807, 2.05) is 19.1 Å². The van der Waals surface area contributed by atoms with Gasteiger partial charge >= 0.3 is 5.97 Å². The molecule has 0 aliphatic heterocycles. The van der Waals surface area contributed by atoms with Gasteiger partial charge in [0.15, 0.2) is 0 Å². The first-order valence-corrected chi connectivity index (χ1v) is 7.95. The summed E-state index contributed by atoms with van der Waals surface area (Å²) in [5.74, 6) is 0.356. The van der Waals surface area contributed by atoms with Gasteiger partial charge in [0.1, 0.15) is 0 Å². The van der Waals surface area contributed by atoms with Gasteiger partial charge in [-0.2, -0.15) is 0 Å². The van der Waals surface area contributed by atoms with Crippen molar-refractivity contribution in [2.24, 2.45) is 5.92 Å². The maximum Gasteiger partial charge on any atom is 0.340 e. The van der Waals surface area contributed by atoms with Crippen molar-refractivity contribution in [2.75, 3.05) is 17.7 Å². The number of esters is 1. The minimum atomic E-state index is -0.317. The second-order valence-electron chi connectivity index (χ2n) is 5.86. The van der Waals surface area contributed by atoms with E-state index >= 15 is 0 Å². The third-order valence-electron chi connectivity index (χ3n) is 4.28. The second-order valence-corrected chi connectivity index (χ2v) is 5.86. The molecule has 1 unspecified atom stereocenters. The molecule has 0 radical (unpaired) electrons. The molecule has 0 bridgehead atoms. The summed E-state index contributed by atoms with van der Waals surface area (Å²) in [5, 5.41) is 3.49. The quantitative estimate of drug-likeness (QED) is 0.639. The normalized spacial score (nSPS) is 17.2. The zero-order chi connectivity index (χ0) is 15.2. The maximum atomic E-state index is 12.1. The van der Waals surface area contributed by atoms with Crippen LogP contribution in [0.25, 0.3) is 0 Å². The van der Waals surface area contributed by atoms with Crippen LogP contribution >= 0.6 is 0 Å². The molecule has 0 amide bonds. The lowest BCUT2D eigenvalue weighted by molar-refractivity contribution is 0.0527. The fraction of sp³-hybridized carbons (Fsp3) is 0.588. The summed E-state index contributed by atoms with van der Waals surface area (Å²) in [5.41, 5.74) is 7.72. The van der Waals surface area contributed by atoms with Crippen molar-refractivity contribution in [2.45, 2.75) is 52.0 Å². The van der Waals surface area contributed by atoms with Crippen molar-refractivity contribution in [1.29, 1.82) is 0 Å². The van der Waals surface area contributed by atoms with E-state index in [2.05, 4.69) is 12.2 Å². The Bertz CT molecular complexity index is 482. The first kappa shape index (κ1) is 15.7. The predicted molar refractivity (Wildman–Crippen MR) is 86.5 cm³/mol. The molecule has 1 aliphatic rings. The number of benzene rings is 1. The zero-order valence-electron chi connectivity index (χ0n) is 13.0. The highest BCUT2D eigenvalue weighted by atomic mass is 16.5. The van der Waals surface area contributed by atoms with Crippen molar-refractivity contribution in [3.05, 3.63) is 23.8 Å². The van der Waals surface area contributed by atoms with Crippen molar-refractivity contribution in [3.8, 4) is 0 Å². The number of ether oxygens (including phenoxy) is 1. The van der Waals surface area contributed by atoms with Crippen molar-refractivity contribution < 1.29 is 9.53 Å². The molecule has 21 heavy (non-hydrogen) atoms. The highest BCUT2D eigenvalue weighted by molar-refractivity contribution is 5.96. The van der Waals surface area contributed by atoms with Crippen LogP contribution in [0.5, 0.6) is 0 Å². The van der Waals surface area contributed by atoms with Crippen LogP contribution in [0.4, 0.5) is 11.4 Å². The molecule has 2 rings (SSSR count). The standard InChI is InChI=1S/C17H26N2O2/c1-3-21-17(20)15-11-14(18)9-10-16(15)19-12(2)13-7-5-4-6-8-13/h9-13,19H,3-8,18H2,1-2H3. The van der Waals surface area contributed by atoms with E-state index in [-0.39, 0.29) is 5.97 Å². The Hall–Kier alpha value is -1.71. The van der Waals surface area contributed by atoms with Crippen LogP contribution in [-0.4, -0.2) is 18.6 Å². The molecule has 3 N–H and O–H groups in total. The van der Waals surface area contributed by atoms with Crippen molar-refractivity contribution in [1.82, 2.24) is 0 Å². The average molecular weight is 290 g/mol. The van der Waals surface area contributed by atoms with Gasteiger partial charge in [-0.25, -0.2) is 4.79 Å². The summed E-state index contributed by atoms with van der Waals surface area (Å²) < 4.78 is 5.12. The molecule has 0 spiro atoms. The molecular weight excluding hydrogens is 264 g/mol. The number of nitrogen functional groups attached to an aromatic ring is 1. The summed E-state index contributed by atoms with van der Waals surface area (Å²) in [6.07, 6.45) is 6.49. The third kappa shape index (κ3) is 4.13. The average Bonchev–Trinajstić information content (AvgIpc) is 2.50. The fourth-order valence-corrected chi connectivity index (χ4v) is 3.06. The SMILES string of the molecule is CCOC(=O)c1cc(N)ccc1NC(C)C1CCCCC1. The molecule has 1 saturated carbocycles. The van der Waals surface area contributed by atoms with Crippen LogP contribution in [0.2, 0.25) is 0 Å². The molecule has 1 fully saturated rings. The molecular formula is C17H26N2O2. The Morgan fingerprint density at radius 1 is 1.38 bits per heavy atom.